The van der Waals surface area contributed by atoms with Crippen LogP contribution < -0.4 is 0 Å². The van der Waals surface area contributed by atoms with Gasteiger partial charge in [-0.05, 0) is 12.1 Å². The fraction of sp³-hybridized carbons (Fsp3) is 0.200. The lowest BCUT2D eigenvalue weighted by molar-refractivity contribution is -0.0168. The Morgan fingerprint density at radius 3 is 1.85 bits per heavy atom. The molecule has 6 nitrogen and oxygen atoms in total. The summed E-state index contributed by atoms with van der Waals surface area (Å²) in [6.07, 6.45) is -3.87. The van der Waals surface area contributed by atoms with Gasteiger partial charge in [-0.25, -0.2) is 13.2 Å². The van der Waals surface area contributed by atoms with E-state index in [2.05, 4.69) is 4.28 Å². The molecule has 0 aliphatic carbocycles. The first-order valence-corrected chi connectivity index (χ1v) is 6.56. The lowest BCUT2D eigenvalue weighted by atomic mass is 10.1. The van der Waals surface area contributed by atoms with Gasteiger partial charge in [-0.3, -0.25) is 9.59 Å². The van der Waals surface area contributed by atoms with Crippen LogP contribution in [0.25, 0.3) is 0 Å². The number of benzene rings is 1. The van der Waals surface area contributed by atoms with Gasteiger partial charge < -0.3 is 0 Å². The quantitative estimate of drug-likeness (QED) is 0.778. The van der Waals surface area contributed by atoms with Crippen LogP contribution in [0.4, 0.5) is 13.2 Å². The van der Waals surface area contributed by atoms with Gasteiger partial charge in [-0.15, -0.1) is 9.35 Å². The molecule has 10 heteroatoms. The normalized spacial score (nSPS) is 16.7. The van der Waals surface area contributed by atoms with E-state index in [4.69, 9.17) is 0 Å². The minimum Gasteiger partial charge on any atom is -0.266 e. The molecule has 0 aromatic heterocycles. The van der Waals surface area contributed by atoms with Crippen molar-refractivity contribution in [2.75, 3.05) is 0 Å². The van der Waals surface area contributed by atoms with Crippen molar-refractivity contribution >= 4 is 21.9 Å². The van der Waals surface area contributed by atoms with Crippen LogP contribution in [0.5, 0.6) is 0 Å². The molecule has 0 fully saturated rings. The molecule has 1 aromatic carbocycles. The molecule has 2 amide bonds. The van der Waals surface area contributed by atoms with Crippen molar-refractivity contribution < 1.29 is 35.5 Å². The smallest absolute Gasteiger partial charge is 0.266 e. The number of carbonyl (C=O) groups is 2. The molecule has 1 heterocycles. The number of alkyl halides is 3. The van der Waals surface area contributed by atoms with Gasteiger partial charge in [-0.2, -0.15) is 8.42 Å². The van der Waals surface area contributed by atoms with Crippen molar-refractivity contribution in [1.82, 2.24) is 5.06 Å². The van der Waals surface area contributed by atoms with Crippen molar-refractivity contribution in [2.45, 2.75) is 11.9 Å². The third kappa shape index (κ3) is 2.27. The highest BCUT2D eigenvalue weighted by Crippen LogP contribution is 2.25. The second-order valence-corrected chi connectivity index (χ2v) is 5.29. The molecule has 108 valence electrons. The van der Waals surface area contributed by atoms with Crippen LogP contribution in [-0.4, -0.2) is 37.2 Å². The predicted molar refractivity (Wildman–Crippen MR) is 57.8 cm³/mol. The van der Waals surface area contributed by atoms with Crippen molar-refractivity contribution in [3.05, 3.63) is 35.4 Å². The monoisotopic (exact) mass is 309 g/mol. The molecule has 1 unspecified atom stereocenters. The summed E-state index contributed by atoms with van der Waals surface area (Å²) in [5.41, 5.74) is -3.99. The molecular formula is C10H6F3NO5S. The van der Waals surface area contributed by atoms with Crippen LogP contribution in [0.3, 0.4) is 0 Å². The van der Waals surface area contributed by atoms with Crippen molar-refractivity contribution in [2.24, 2.45) is 0 Å². The number of imide groups is 1. The lowest BCUT2D eigenvalue weighted by Crippen LogP contribution is -2.37. The Hall–Kier alpha value is -1.94. The van der Waals surface area contributed by atoms with Gasteiger partial charge in [0.2, 0.25) is 0 Å². The van der Waals surface area contributed by atoms with Crippen LogP contribution in [0.1, 0.15) is 20.7 Å². The summed E-state index contributed by atoms with van der Waals surface area (Å²) < 4.78 is 63.1. The fourth-order valence-corrected chi connectivity index (χ4v) is 2.18. The number of hydrogen-bond donors (Lipinski definition) is 0. The van der Waals surface area contributed by atoms with Crippen LogP contribution in [0, 0.1) is 0 Å². The summed E-state index contributed by atoms with van der Waals surface area (Å²) in [6, 6.07) is 5.23. The molecule has 0 N–H and O–H groups in total. The number of fused-ring (bicyclic) bond motifs is 1. The molecule has 2 rings (SSSR count). The second kappa shape index (κ2) is 4.87. The van der Waals surface area contributed by atoms with Crippen LogP contribution in [0.2, 0.25) is 0 Å². The number of amides is 2. The van der Waals surface area contributed by atoms with Crippen molar-refractivity contribution in [3.63, 3.8) is 0 Å². The third-order valence-electron chi connectivity index (χ3n) is 2.41. The zero-order chi connectivity index (χ0) is 15.1. The molecule has 0 saturated carbocycles. The highest BCUT2D eigenvalue weighted by molar-refractivity contribution is 7.87. The first-order valence-electron chi connectivity index (χ1n) is 5.09. The van der Waals surface area contributed by atoms with E-state index in [1.807, 2.05) is 0 Å². The molecule has 0 saturated heterocycles. The Morgan fingerprint density at radius 2 is 1.45 bits per heavy atom. The number of nitrogens with zero attached hydrogens (tertiary/aromatic N) is 1. The Labute approximate surface area is 110 Å². The summed E-state index contributed by atoms with van der Waals surface area (Å²) in [5, 5.41) is -0.255. The highest BCUT2D eigenvalue weighted by atomic mass is 32.2. The molecule has 0 bridgehead atoms. The van der Waals surface area contributed by atoms with Crippen LogP contribution >= 0.6 is 0 Å². The average Bonchev–Trinajstić information content (AvgIpc) is 2.63. The number of hydroxylamine groups is 2. The van der Waals surface area contributed by atoms with Gasteiger partial charge in [0.15, 0.2) is 0 Å². The zero-order valence-electron chi connectivity index (χ0n) is 9.49. The molecule has 20 heavy (non-hydrogen) atoms. The Kier molecular flexibility index (Phi) is 3.52. The first-order chi connectivity index (χ1) is 9.25. The summed E-state index contributed by atoms with van der Waals surface area (Å²) >= 11 is 0. The van der Waals surface area contributed by atoms with Gasteiger partial charge in [0.1, 0.15) is 0 Å². The summed E-state index contributed by atoms with van der Waals surface area (Å²) in [7, 11) is -5.46. The van der Waals surface area contributed by atoms with Crippen LogP contribution in [0.15, 0.2) is 24.3 Å². The molecule has 0 radical (unpaired) electrons. The SMILES string of the molecule is O=C1c2ccccc2C(=O)N1OS(=O)(=O)C(F)C(F)F. The summed E-state index contributed by atoms with van der Waals surface area (Å²) in [6.45, 7) is 0. The van der Waals surface area contributed by atoms with Crippen LogP contribution in [-0.2, 0) is 14.4 Å². The summed E-state index contributed by atoms with van der Waals surface area (Å²) in [4.78, 5) is 23.4. The van der Waals surface area contributed by atoms with Gasteiger partial charge in [0.05, 0.1) is 11.1 Å². The maximum absolute atomic E-state index is 12.8. The average molecular weight is 309 g/mol. The van der Waals surface area contributed by atoms with E-state index in [1.165, 1.54) is 24.3 Å². The standard InChI is InChI=1S/C10H6F3NO5S/c11-7(12)8(13)20(17,18)19-14-9(15)5-3-1-2-4-6(5)10(14)16/h1-4,7-8H. The largest absolute Gasteiger partial charge is 0.327 e. The van der Waals surface area contributed by atoms with E-state index in [-0.39, 0.29) is 16.2 Å². The number of halogens is 3. The Balaban J connectivity index is 2.30. The molecule has 0 spiro atoms. The molecule has 1 aliphatic rings. The Morgan fingerprint density at radius 1 is 1.00 bits per heavy atom. The van der Waals surface area contributed by atoms with Gasteiger partial charge in [0.25, 0.3) is 23.7 Å². The minimum absolute atomic E-state index is 0.167. The van der Waals surface area contributed by atoms with Gasteiger partial charge in [0, 0.05) is 0 Å². The van der Waals surface area contributed by atoms with E-state index >= 15 is 0 Å². The zero-order valence-corrected chi connectivity index (χ0v) is 10.3. The molecule has 1 aliphatic heterocycles. The molecule has 1 atom stereocenters. The lowest BCUT2D eigenvalue weighted by Gasteiger charge is -2.14. The first kappa shape index (κ1) is 14.5. The maximum Gasteiger partial charge on any atom is 0.327 e. The van der Waals surface area contributed by atoms with Gasteiger partial charge >= 0.3 is 10.1 Å². The third-order valence-corrected chi connectivity index (χ3v) is 3.52. The van der Waals surface area contributed by atoms with E-state index < -0.39 is 33.9 Å². The van der Waals surface area contributed by atoms with Crippen molar-refractivity contribution in [1.29, 1.82) is 0 Å². The topological polar surface area (TPSA) is 80.8 Å². The molecule has 1 aromatic rings. The number of carbonyl (C=O) groups excluding carboxylic acids is 2. The minimum atomic E-state index is -5.46. The van der Waals surface area contributed by atoms with E-state index in [0.29, 0.717) is 0 Å². The molecular weight excluding hydrogens is 303 g/mol. The summed E-state index contributed by atoms with van der Waals surface area (Å²) in [5.74, 6) is -2.34. The number of rotatable bonds is 4. The number of hydrogen-bond acceptors (Lipinski definition) is 5. The van der Waals surface area contributed by atoms with E-state index in [1.54, 1.807) is 0 Å². The van der Waals surface area contributed by atoms with E-state index in [0.717, 1.165) is 0 Å². The highest BCUT2D eigenvalue weighted by Gasteiger charge is 2.44. The van der Waals surface area contributed by atoms with Crippen molar-refractivity contribution in [3.8, 4) is 0 Å². The Bertz CT molecular complexity index is 640. The maximum atomic E-state index is 12.8. The fourth-order valence-electron chi connectivity index (χ4n) is 1.51. The van der Waals surface area contributed by atoms with E-state index in [9.17, 15) is 31.2 Å². The predicted octanol–water partition coefficient (Wildman–Crippen LogP) is 1.10. The second-order valence-electron chi connectivity index (χ2n) is 3.70. The van der Waals surface area contributed by atoms with Gasteiger partial charge in [-0.1, -0.05) is 12.1 Å².